The van der Waals surface area contributed by atoms with Crippen molar-refractivity contribution in [2.45, 2.75) is 88.7 Å². The molecule has 128 valence electrons. The van der Waals surface area contributed by atoms with Crippen LogP contribution in [-0.2, 0) is 9.47 Å². The molecule has 0 aliphatic carbocycles. The Bertz CT molecular complexity index is 376. The Labute approximate surface area is 138 Å². The minimum Gasteiger partial charge on any atom is -0.349 e. The van der Waals surface area contributed by atoms with E-state index in [0.29, 0.717) is 22.1 Å². The van der Waals surface area contributed by atoms with Gasteiger partial charge in [0.15, 0.2) is 5.79 Å². The molecule has 0 radical (unpaired) electrons. The third-order valence-corrected chi connectivity index (χ3v) is 12.3. The molecule has 0 saturated carbocycles. The summed E-state index contributed by atoms with van der Waals surface area (Å²) in [5, 5.41) is 0.900. The van der Waals surface area contributed by atoms with Crippen molar-refractivity contribution in [2.24, 2.45) is 11.8 Å². The molecule has 0 aromatic heterocycles. The molecule has 3 saturated heterocycles. The average Bonchev–Trinajstić information content (AvgIpc) is 2.69. The van der Waals surface area contributed by atoms with Crippen LogP contribution in [0, 0.1) is 11.8 Å². The lowest BCUT2D eigenvalue weighted by atomic mass is 9.71. The van der Waals surface area contributed by atoms with E-state index in [1.54, 1.807) is 0 Å². The zero-order valence-electron chi connectivity index (χ0n) is 15.3. The maximum atomic E-state index is 6.51. The number of hydrogen-bond acceptors (Lipinski definition) is 2. The highest BCUT2D eigenvalue weighted by atomic mass is 31.1. The monoisotopic (exact) mass is 326 g/mol. The predicted octanol–water partition coefficient (Wildman–Crippen LogP) is 5.39. The summed E-state index contributed by atoms with van der Waals surface area (Å²) in [7, 11) is -0.0144. The van der Waals surface area contributed by atoms with E-state index < -0.39 is 0 Å². The highest BCUT2D eigenvalue weighted by Gasteiger charge is 2.67. The molecule has 3 heteroatoms. The largest absolute Gasteiger partial charge is 0.349 e. The van der Waals surface area contributed by atoms with Crippen LogP contribution < -0.4 is 0 Å². The van der Waals surface area contributed by atoms with Crippen LogP contribution in [0.4, 0.5) is 0 Å². The van der Waals surface area contributed by atoms with Crippen LogP contribution in [-0.4, -0.2) is 36.0 Å². The highest BCUT2D eigenvalue weighted by Crippen LogP contribution is 2.76. The van der Waals surface area contributed by atoms with Gasteiger partial charge >= 0.3 is 0 Å². The first kappa shape index (κ1) is 17.2. The van der Waals surface area contributed by atoms with E-state index in [4.69, 9.17) is 9.47 Å². The molecular weight excluding hydrogens is 291 g/mol. The van der Waals surface area contributed by atoms with Crippen LogP contribution in [0.3, 0.4) is 0 Å². The Morgan fingerprint density at radius 3 is 1.73 bits per heavy atom. The van der Waals surface area contributed by atoms with Gasteiger partial charge in [-0.15, -0.1) is 0 Å². The van der Waals surface area contributed by atoms with Crippen molar-refractivity contribution in [3.63, 3.8) is 0 Å². The van der Waals surface area contributed by atoms with Gasteiger partial charge in [0.05, 0.1) is 13.2 Å². The fraction of sp³-hybridized carbons (Fsp3) is 1.00. The molecule has 3 aliphatic rings. The molecule has 22 heavy (non-hydrogen) atoms. The topological polar surface area (TPSA) is 18.5 Å². The Balaban J connectivity index is 2.15. The summed E-state index contributed by atoms with van der Waals surface area (Å²) in [5.74, 6) is 0.729. The molecule has 0 amide bonds. The van der Waals surface area contributed by atoms with Gasteiger partial charge in [-0.3, -0.25) is 0 Å². The van der Waals surface area contributed by atoms with E-state index in [-0.39, 0.29) is 13.7 Å². The standard InChI is InChI=1S/C19H35O2P/c1-6-17-11-8-9-12-18(7-2,22(17)5)16(4)19(15(17)3)20-13-10-14-21-19/h15-16H,6-14H2,1-5H3. The van der Waals surface area contributed by atoms with Crippen LogP contribution in [0.25, 0.3) is 0 Å². The van der Waals surface area contributed by atoms with Gasteiger partial charge in [0.25, 0.3) is 0 Å². The molecule has 3 aliphatic heterocycles. The Kier molecular flexibility index (Phi) is 4.70. The summed E-state index contributed by atoms with van der Waals surface area (Å²) in [6, 6.07) is 0. The Morgan fingerprint density at radius 1 is 0.864 bits per heavy atom. The van der Waals surface area contributed by atoms with Gasteiger partial charge in [-0.05, 0) is 49.1 Å². The summed E-state index contributed by atoms with van der Waals surface area (Å²) < 4.78 is 13.0. The molecule has 0 aromatic rings. The maximum Gasteiger partial charge on any atom is 0.175 e. The van der Waals surface area contributed by atoms with Crippen LogP contribution in [0.15, 0.2) is 0 Å². The predicted molar refractivity (Wildman–Crippen MR) is 94.9 cm³/mol. The number of hydrogen-bond donors (Lipinski definition) is 0. The van der Waals surface area contributed by atoms with Gasteiger partial charge in [0, 0.05) is 11.8 Å². The van der Waals surface area contributed by atoms with Crippen molar-refractivity contribution < 1.29 is 9.47 Å². The van der Waals surface area contributed by atoms with Crippen LogP contribution >= 0.6 is 7.92 Å². The second-order valence-corrected chi connectivity index (χ2v) is 10.8. The first-order valence-corrected chi connectivity index (χ1v) is 11.3. The Hall–Kier alpha value is 0.350. The third-order valence-electron chi connectivity index (χ3n) is 7.79. The van der Waals surface area contributed by atoms with Gasteiger partial charge in [0.1, 0.15) is 0 Å². The second kappa shape index (κ2) is 6.01. The van der Waals surface area contributed by atoms with E-state index in [9.17, 15) is 0 Å². The fourth-order valence-electron chi connectivity index (χ4n) is 6.28. The van der Waals surface area contributed by atoms with Gasteiger partial charge in [-0.2, -0.15) is 0 Å². The number of ether oxygens (including phenoxy) is 2. The first-order chi connectivity index (χ1) is 10.5. The van der Waals surface area contributed by atoms with E-state index in [1.807, 2.05) is 0 Å². The number of rotatable bonds is 2. The zero-order valence-corrected chi connectivity index (χ0v) is 16.2. The smallest absolute Gasteiger partial charge is 0.175 e. The minimum absolute atomic E-state index is 0.0144. The third kappa shape index (κ3) is 2.02. The summed E-state index contributed by atoms with van der Waals surface area (Å²) in [6.07, 6.45) is 9.20. The molecule has 0 N–H and O–H groups in total. The van der Waals surface area contributed by atoms with E-state index in [0.717, 1.165) is 19.6 Å². The van der Waals surface area contributed by atoms with E-state index >= 15 is 0 Å². The summed E-state index contributed by atoms with van der Waals surface area (Å²) >= 11 is 0. The molecule has 1 spiro atoms. The van der Waals surface area contributed by atoms with Crippen molar-refractivity contribution in [3.05, 3.63) is 0 Å². The second-order valence-electron chi connectivity index (χ2n) is 7.90. The summed E-state index contributed by atoms with van der Waals surface area (Å²) in [4.78, 5) is 0. The van der Waals surface area contributed by atoms with Crippen molar-refractivity contribution in [1.82, 2.24) is 0 Å². The zero-order chi connectivity index (χ0) is 16.0. The van der Waals surface area contributed by atoms with Gasteiger partial charge in [-0.25, -0.2) is 0 Å². The molecule has 4 atom stereocenters. The van der Waals surface area contributed by atoms with Crippen molar-refractivity contribution >= 4 is 7.92 Å². The van der Waals surface area contributed by atoms with Gasteiger partial charge in [-0.1, -0.05) is 48.5 Å². The molecule has 0 aromatic carbocycles. The van der Waals surface area contributed by atoms with E-state index in [1.165, 1.54) is 38.5 Å². The van der Waals surface area contributed by atoms with Crippen molar-refractivity contribution in [3.8, 4) is 0 Å². The van der Waals surface area contributed by atoms with Crippen LogP contribution in [0.1, 0.15) is 72.6 Å². The van der Waals surface area contributed by atoms with Crippen LogP contribution in [0.5, 0.6) is 0 Å². The van der Waals surface area contributed by atoms with Crippen LogP contribution in [0.2, 0.25) is 0 Å². The lowest BCUT2D eigenvalue weighted by Crippen LogP contribution is -2.67. The molecule has 3 rings (SSSR count). The first-order valence-electron chi connectivity index (χ1n) is 9.52. The quantitative estimate of drug-likeness (QED) is 0.634. The molecular formula is C19H35O2P. The summed E-state index contributed by atoms with van der Waals surface area (Å²) in [5.41, 5.74) is 0. The molecule has 3 fully saturated rings. The molecule has 2 nitrogen and oxygen atoms in total. The lowest BCUT2D eigenvalue weighted by Gasteiger charge is -2.66. The van der Waals surface area contributed by atoms with E-state index in [2.05, 4.69) is 34.4 Å². The summed E-state index contributed by atoms with van der Waals surface area (Å²) in [6.45, 7) is 14.1. The lowest BCUT2D eigenvalue weighted by molar-refractivity contribution is -0.329. The maximum absolute atomic E-state index is 6.51. The molecule has 2 bridgehead atoms. The fourth-order valence-corrected chi connectivity index (χ4v) is 10.6. The van der Waals surface area contributed by atoms with Crippen molar-refractivity contribution in [1.29, 1.82) is 0 Å². The minimum atomic E-state index is -0.316. The highest BCUT2D eigenvalue weighted by molar-refractivity contribution is 7.60. The van der Waals surface area contributed by atoms with Gasteiger partial charge < -0.3 is 9.47 Å². The SMILES string of the molecule is CCC12CCCCC(CC)(C(C)C3(OCCCO3)C1C)P2C. The van der Waals surface area contributed by atoms with Crippen molar-refractivity contribution in [2.75, 3.05) is 19.9 Å². The van der Waals surface area contributed by atoms with Gasteiger partial charge in [0.2, 0.25) is 0 Å². The average molecular weight is 326 g/mol. The normalized spacial score (nSPS) is 48.1. The molecule has 3 heterocycles. The Morgan fingerprint density at radius 2 is 1.32 bits per heavy atom. The number of fused-ring (bicyclic) bond motifs is 2. The molecule has 4 unspecified atom stereocenters.